The van der Waals surface area contributed by atoms with Crippen LogP contribution in [0.5, 0.6) is 0 Å². The van der Waals surface area contributed by atoms with Crippen LogP contribution in [0, 0.1) is 22.5 Å². The molecule has 3 aromatic rings. The summed E-state index contributed by atoms with van der Waals surface area (Å²) in [5.41, 5.74) is 0.332. The van der Waals surface area contributed by atoms with E-state index in [2.05, 4.69) is 15.4 Å². The molecule has 3 rings (SSSR count). The van der Waals surface area contributed by atoms with Crippen molar-refractivity contribution in [2.24, 2.45) is 21.6 Å². The van der Waals surface area contributed by atoms with Crippen LogP contribution in [0.4, 0.5) is 52.7 Å². The number of aliphatic hydroxyl groups excluding tert-OH is 1. The second-order valence-corrected chi connectivity index (χ2v) is 16.7. The van der Waals surface area contributed by atoms with E-state index in [1.165, 1.54) is 38.1 Å². The van der Waals surface area contributed by atoms with Gasteiger partial charge < -0.3 is 26.8 Å². The van der Waals surface area contributed by atoms with Crippen LogP contribution in [0.15, 0.2) is 60.0 Å². The zero-order valence-electron chi connectivity index (χ0n) is 37.8. The average molecular weight is 1000 g/mol. The Morgan fingerprint density at radius 2 is 1.32 bits per heavy atom. The van der Waals surface area contributed by atoms with Crippen LogP contribution in [0.1, 0.15) is 77.6 Å². The highest BCUT2D eigenvalue weighted by atomic mass is 19.4. The molecule has 14 nitrogen and oxygen atoms in total. The zero-order valence-corrected chi connectivity index (χ0v) is 37.8. The first-order chi connectivity index (χ1) is 31.9. The van der Waals surface area contributed by atoms with Crippen LogP contribution in [0.25, 0.3) is 16.7 Å². The average Bonchev–Trinajstić information content (AvgIpc) is 3.76. The van der Waals surface area contributed by atoms with Gasteiger partial charge in [0.05, 0.1) is 29.2 Å². The number of amides is 4. The molecule has 0 aliphatic heterocycles. The Morgan fingerprint density at radius 3 is 1.75 bits per heavy atom. The van der Waals surface area contributed by atoms with E-state index in [9.17, 15) is 68.2 Å². The van der Waals surface area contributed by atoms with Crippen molar-refractivity contribution in [1.29, 1.82) is 0 Å². The fraction of sp³-hybridized carbons (Fsp3) is 0.488. The number of aromatic nitrogens is 2. The van der Waals surface area contributed by atoms with Gasteiger partial charge in [-0.05, 0) is 62.9 Å². The predicted molar refractivity (Wildman–Crippen MR) is 226 cm³/mol. The van der Waals surface area contributed by atoms with Crippen molar-refractivity contribution in [3.8, 4) is 11.1 Å². The number of nitrogens with one attached hydrogen (secondary N) is 4. The van der Waals surface area contributed by atoms with Crippen molar-refractivity contribution < 1.29 is 77.0 Å². The van der Waals surface area contributed by atoms with Crippen LogP contribution < -0.4 is 27.1 Å². The molecular formula is C43H51F12N9O5. The fourth-order valence-corrected chi connectivity index (χ4v) is 6.42. The number of rotatable bonds is 22. The highest BCUT2D eigenvalue weighted by Gasteiger charge is 2.57. The van der Waals surface area contributed by atoms with Gasteiger partial charge in [-0.3, -0.25) is 24.6 Å². The van der Waals surface area contributed by atoms with Gasteiger partial charge in [0.1, 0.15) is 23.7 Å². The van der Waals surface area contributed by atoms with Gasteiger partial charge in [-0.25, -0.2) is 23.5 Å². The van der Waals surface area contributed by atoms with Crippen molar-refractivity contribution in [3.05, 3.63) is 83.3 Å². The van der Waals surface area contributed by atoms with Crippen molar-refractivity contribution in [2.75, 3.05) is 6.54 Å². The first kappa shape index (κ1) is 57.1. The molecule has 0 radical (unpaired) electrons. The Labute approximate surface area is 387 Å². The Kier molecular flexibility index (Phi) is 19.4. The fourth-order valence-electron chi connectivity index (χ4n) is 6.42. The minimum Gasteiger partial charge on any atom is -0.404 e. The van der Waals surface area contributed by atoms with Crippen LogP contribution in [-0.4, -0.2) is 99.4 Å². The van der Waals surface area contributed by atoms with Gasteiger partial charge in [0.15, 0.2) is 0 Å². The molecule has 0 bridgehead atoms. The maximum atomic E-state index is 15.9. The minimum absolute atomic E-state index is 0.185. The molecule has 0 saturated heterocycles. The number of allylic oxidation sites excluding steroid dienone is 1. The molecule has 1 aromatic heterocycles. The van der Waals surface area contributed by atoms with E-state index in [0.717, 1.165) is 12.4 Å². The summed E-state index contributed by atoms with van der Waals surface area (Å²) in [6, 6.07) is 0.0615. The number of aliphatic hydroxyl groups is 1. The Morgan fingerprint density at radius 1 is 0.812 bits per heavy atom. The molecule has 69 heavy (non-hydrogen) atoms. The van der Waals surface area contributed by atoms with Crippen LogP contribution in [-0.2, 0) is 32.1 Å². The molecule has 4 amide bonds. The topological polar surface area (TPSA) is 196 Å². The van der Waals surface area contributed by atoms with Crippen molar-refractivity contribution in [1.82, 2.24) is 36.2 Å². The highest BCUT2D eigenvalue weighted by Crippen LogP contribution is 2.42. The number of hydrogen-bond donors (Lipinski definition) is 6. The lowest BCUT2D eigenvalue weighted by atomic mass is 9.82. The number of halogens is 12. The first-order valence-corrected chi connectivity index (χ1v) is 20.8. The Bertz CT molecular complexity index is 2290. The van der Waals surface area contributed by atoms with Gasteiger partial charge in [0.2, 0.25) is 17.7 Å². The number of aliphatic imine (C=N–C) groups is 1. The Hall–Kier alpha value is -6.18. The SMILES string of the molecule is CCC(=O)N[C@H](C(=O)N[C@@H](Cc1ccc(-c2cnn(C(F)F)c2)cc1)[C@@H](O)CN(Cc1c(F)cc(C(C=NC(F)F)=CN)cc1F)NC(=O)[C@@H](NC(=O)CC)C(C)(C)C(F)(F)F)C(C)(C)C(F)(F)F. The molecule has 2 aromatic carbocycles. The van der Waals surface area contributed by atoms with E-state index in [1.54, 1.807) is 0 Å². The predicted octanol–water partition coefficient (Wildman–Crippen LogP) is 6.70. The highest BCUT2D eigenvalue weighted by molar-refractivity contribution is 6.09. The number of benzene rings is 2. The number of carbonyl (C=O) groups is 4. The van der Waals surface area contributed by atoms with E-state index in [1.807, 2.05) is 16.1 Å². The first-order valence-electron chi connectivity index (χ1n) is 20.8. The van der Waals surface area contributed by atoms with Crippen LogP contribution in [0.2, 0.25) is 0 Å². The van der Waals surface area contributed by atoms with E-state index >= 15 is 8.78 Å². The maximum absolute atomic E-state index is 15.9. The molecule has 0 aliphatic rings. The smallest absolute Gasteiger partial charge is 0.396 e. The molecule has 1 heterocycles. The largest absolute Gasteiger partial charge is 0.404 e. The quantitative estimate of drug-likeness (QED) is 0.0277. The van der Waals surface area contributed by atoms with E-state index in [0.29, 0.717) is 67.5 Å². The van der Waals surface area contributed by atoms with Crippen molar-refractivity contribution >= 4 is 35.4 Å². The maximum Gasteiger partial charge on any atom is 0.396 e. The summed E-state index contributed by atoms with van der Waals surface area (Å²) in [5, 5.41) is 22.2. The third-order valence-corrected chi connectivity index (χ3v) is 11.0. The van der Waals surface area contributed by atoms with Gasteiger partial charge in [-0.1, -0.05) is 38.1 Å². The molecule has 0 saturated carbocycles. The number of nitrogens with zero attached hydrogens (tertiary/aromatic N) is 4. The summed E-state index contributed by atoms with van der Waals surface area (Å²) in [7, 11) is 0. The van der Waals surface area contributed by atoms with Gasteiger partial charge in [-0.15, -0.1) is 0 Å². The van der Waals surface area contributed by atoms with Crippen molar-refractivity contribution in [2.45, 2.75) is 117 Å². The monoisotopic (exact) mass is 1000 g/mol. The second kappa shape index (κ2) is 23.4. The van der Waals surface area contributed by atoms with E-state index < -0.39 is 138 Å². The molecule has 0 aliphatic carbocycles. The molecule has 4 atom stereocenters. The lowest BCUT2D eigenvalue weighted by Gasteiger charge is -2.38. The molecule has 26 heteroatoms. The van der Waals surface area contributed by atoms with Crippen LogP contribution in [0.3, 0.4) is 0 Å². The molecule has 0 spiro atoms. The normalized spacial score (nSPS) is 14.8. The summed E-state index contributed by atoms with van der Waals surface area (Å²) >= 11 is 0. The second-order valence-electron chi connectivity index (χ2n) is 16.7. The summed E-state index contributed by atoms with van der Waals surface area (Å²) in [4.78, 5) is 55.6. The summed E-state index contributed by atoms with van der Waals surface area (Å²) in [6.07, 6.45) is -10.5. The van der Waals surface area contributed by atoms with E-state index in [-0.39, 0.29) is 17.5 Å². The van der Waals surface area contributed by atoms with Gasteiger partial charge in [-0.2, -0.15) is 49.0 Å². The molecular weight excluding hydrogens is 951 g/mol. The van der Waals surface area contributed by atoms with E-state index in [4.69, 9.17) is 5.73 Å². The van der Waals surface area contributed by atoms with Crippen LogP contribution >= 0.6 is 0 Å². The number of hydrogen-bond acceptors (Lipinski definition) is 9. The van der Waals surface area contributed by atoms with Gasteiger partial charge >= 0.3 is 25.5 Å². The summed E-state index contributed by atoms with van der Waals surface area (Å²) in [6.45, 7) is -3.67. The minimum atomic E-state index is -5.20. The standard InChI is InChI=1S/C43H51F12N9O5/c1-7-32(66)60-34(40(3,4)42(50,51)52)36(68)59-30(13-22-9-11-23(12-10-22)26-18-58-64(19-26)39(48)49)31(65)21-63(62-37(69)35(61-33(67)8-2)41(5,6)43(53,54)55)20-27-28(44)14-24(15-29(27)45)25(16-56)17-57-38(46)47/h9-12,14-19,30-31,34-35,38-39,65H,7-8,13,20-21,56H2,1-6H3,(H,59,68)(H,60,66)(H,61,67)(H,62,69)/t30-,31-,34+,35+/m0/s1. The Balaban J connectivity index is 2.22. The van der Waals surface area contributed by atoms with Gasteiger partial charge in [0, 0.05) is 61.2 Å². The summed E-state index contributed by atoms with van der Waals surface area (Å²) < 4.78 is 171. The lowest BCUT2D eigenvalue weighted by molar-refractivity contribution is -0.222. The third-order valence-electron chi connectivity index (χ3n) is 11.0. The third kappa shape index (κ3) is 14.9. The lowest BCUT2D eigenvalue weighted by Crippen LogP contribution is -2.63. The zero-order chi connectivity index (χ0) is 52.4. The molecule has 382 valence electrons. The molecule has 0 unspecified atom stereocenters. The number of hydrazine groups is 1. The molecule has 7 N–H and O–H groups in total. The number of nitrogens with two attached hydrogens (primary N) is 1. The molecule has 0 fully saturated rings. The van der Waals surface area contributed by atoms with Gasteiger partial charge in [0.25, 0.3) is 5.91 Å². The van der Waals surface area contributed by atoms with Crippen molar-refractivity contribution in [3.63, 3.8) is 0 Å². The number of alkyl halides is 10. The summed E-state index contributed by atoms with van der Waals surface area (Å²) in [5.74, 6) is -8.15. The number of carbonyl (C=O) groups excluding carboxylic acids is 4.